The number of anilines is 2. The molecule has 2 fully saturated rings. The van der Waals surface area contributed by atoms with Gasteiger partial charge in [0, 0.05) is 63.3 Å². The highest BCUT2D eigenvalue weighted by Gasteiger charge is 2.20. The molecule has 2 heterocycles. The number of methoxy groups -OCH3 is 1. The quantitative estimate of drug-likeness (QED) is 0.554. The van der Waals surface area contributed by atoms with Crippen molar-refractivity contribution in [3.05, 3.63) is 54.1 Å². The number of rotatable bonds is 6. The highest BCUT2D eigenvalue weighted by atomic mass is 16.5. The van der Waals surface area contributed by atoms with E-state index in [0.717, 1.165) is 70.7 Å². The molecular formula is C25H35N5O2. The van der Waals surface area contributed by atoms with E-state index in [4.69, 9.17) is 14.5 Å². The van der Waals surface area contributed by atoms with Crippen molar-refractivity contribution in [1.82, 2.24) is 10.2 Å². The molecule has 2 aromatic carbocycles. The van der Waals surface area contributed by atoms with Crippen molar-refractivity contribution in [3.63, 3.8) is 0 Å². The summed E-state index contributed by atoms with van der Waals surface area (Å²) in [7, 11) is 1.71. The molecule has 4 rings (SSSR count). The summed E-state index contributed by atoms with van der Waals surface area (Å²) in [5, 5.41) is 3.47. The van der Waals surface area contributed by atoms with Crippen LogP contribution in [-0.2, 0) is 11.3 Å². The van der Waals surface area contributed by atoms with E-state index >= 15 is 0 Å². The van der Waals surface area contributed by atoms with Gasteiger partial charge in [-0.25, -0.2) is 4.99 Å². The summed E-state index contributed by atoms with van der Waals surface area (Å²) in [6.07, 6.45) is 0. The Kier molecular flexibility index (Phi) is 7.72. The molecule has 0 atom stereocenters. The summed E-state index contributed by atoms with van der Waals surface area (Å²) in [5.41, 5.74) is 3.71. The highest BCUT2D eigenvalue weighted by molar-refractivity contribution is 5.80. The summed E-state index contributed by atoms with van der Waals surface area (Å²) >= 11 is 0. The van der Waals surface area contributed by atoms with Crippen LogP contribution in [-0.4, -0.2) is 77.0 Å². The second-order valence-corrected chi connectivity index (χ2v) is 8.11. The van der Waals surface area contributed by atoms with E-state index in [0.29, 0.717) is 6.54 Å². The largest absolute Gasteiger partial charge is 0.497 e. The van der Waals surface area contributed by atoms with Crippen LogP contribution in [0.1, 0.15) is 12.5 Å². The molecule has 0 unspecified atom stereocenters. The van der Waals surface area contributed by atoms with Crippen molar-refractivity contribution >= 4 is 17.3 Å². The molecule has 2 saturated heterocycles. The lowest BCUT2D eigenvalue weighted by atomic mass is 10.2. The van der Waals surface area contributed by atoms with Crippen molar-refractivity contribution in [2.45, 2.75) is 13.5 Å². The maximum absolute atomic E-state index is 5.45. The maximum atomic E-state index is 5.45. The van der Waals surface area contributed by atoms with Gasteiger partial charge in [-0.1, -0.05) is 18.2 Å². The van der Waals surface area contributed by atoms with Gasteiger partial charge in [-0.2, -0.15) is 0 Å². The maximum Gasteiger partial charge on any atom is 0.194 e. The Balaban J connectivity index is 1.35. The Morgan fingerprint density at radius 1 is 0.938 bits per heavy atom. The Labute approximate surface area is 191 Å². The first kappa shape index (κ1) is 22.3. The van der Waals surface area contributed by atoms with Crippen molar-refractivity contribution in [2.24, 2.45) is 4.99 Å². The number of nitrogens with zero attached hydrogens (tertiary/aromatic N) is 4. The number of hydrogen-bond acceptors (Lipinski definition) is 5. The van der Waals surface area contributed by atoms with Crippen molar-refractivity contribution in [3.8, 4) is 5.75 Å². The minimum absolute atomic E-state index is 0.682. The number of morpholine rings is 1. The van der Waals surface area contributed by atoms with E-state index in [2.05, 4.69) is 69.4 Å². The molecular weight excluding hydrogens is 402 g/mol. The number of ether oxygens (including phenoxy) is 2. The molecule has 0 aliphatic carbocycles. The van der Waals surface area contributed by atoms with Crippen LogP contribution in [0.5, 0.6) is 5.75 Å². The Morgan fingerprint density at radius 3 is 2.34 bits per heavy atom. The van der Waals surface area contributed by atoms with Gasteiger partial charge in [0.15, 0.2) is 5.96 Å². The van der Waals surface area contributed by atoms with E-state index in [9.17, 15) is 0 Å². The lowest BCUT2D eigenvalue weighted by Crippen LogP contribution is -2.52. The number of piperazine rings is 1. The van der Waals surface area contributed by atoms with Gasteiger partial charge in [0.25, 0.3) is 0 Å². The molecule has 2 aliphatic heterocycles. The predicted molar refractivity (Wildman–Crippen MR) is 131 cm³/mol. The highest BCUT2D eigenvalue weighted by Crippen LogP contribution is 2.22. The lowest BCUT2D eigenvalue weighted by molar-refractivity contribution is 0.122. The van der Waals surface area contributed by atoms with E-state index in [-0.39, 0.29) is 0 Å². The fourth-order valence-electron chi connectivity index (χ4n) is 4.21. The molecule has 32 heavy (non-hydrogen) atoms. The van der Waals surface area contributed by atoms with Crippen LogP contribution in [0.3, 0.4) is 0 Å². The second kappa shape index (κ2) is 11.1. The average molecular weight is 438 g/mol. The Bertz CT molecular complexity index is 872. The van der Waals surface area contributed by atoms with Crippen molar-refractivity contribution in [2.75, 3.05) is 75.9 Å². The van der Waals surface area contributed by atoms with E-state index in [1.807, 2.05) is 6.07 Å². The minimum atomic E-state index is 0.682. The van der Waals surface area contributed by atoms with Gasteiger partial charge < -0.3 is 29.5 Å². The average Bonchev–Trinajstić information content (AvgIpc) is 2.87. The van der Waals surface area contributed by atoms with Crippen LogP contribution in [0.4, 0.5) is 11.4 Å². The first-order chi connectivity index (χ1) is 15.8. The molecule has 0 amide bonds. The van der Waals surface area contributed by atoms with Crippen LogP contribution >= 0.6 is 0 Å². The van der Waals surface area contributed by atoms with E-state index in [1.54, 1.807) is 7.11 Å². The van der Waals surface area contributed by atoms with E-state index in [1.165, 1.54) is 16.9 Å². The third kappa shape index (κ3) is 5.65. The summed E-state index contributed by atoms with van der Waals surface area (Å²) in [5.74, 6) is 1.90. The molecule has 2 aromatic rings. The summed E-state index contributed by atoms with van der Waals surface area (Å²) < 4.78 is 10.8. The zero-order valence-corrected chi connectivity index (χ0v) is 19.3. The number of hydrogen-bond donors (Lipinski definition) is 1. The van der Waals surface area contributed by atoms with Crippen LogP contribution in [0.15, 0.2) is 53.5 Å². The molecule has 0 radical (unpaired) electrons. The van der Waals surface area contributed by atoms with Gasteiger partial charge in [-0.05, 0) is 36.8 Å². The monoisotopic (exact) mass is 437 g/mol. The fourth-order valence-corrected chi connectivity index (χ4v) is 4.21. The second-order valence-electron chi connectivity index (χ2n) is 8.11. The Hall–Kier alpha value is -2.93. The molecule has 0 spiro atoms. The SMILES string of the molecule is CCNC(=NCc1ccc(N2CCOCC2)cc1)N1CCN(c2cccc(OC)c2)CC1. The summed E-state index contributed by atoms with van der Waals surface area (Å²) in [6.45, 7) is 11.0. The minimum Gasteiger partial charge on any atom is -0.497 e. The smallest absolute Gasteiger partial charge is 0.194 e. The van der Waals surface area contributed by atoms with Gasteiger partial charge in [-0.3, -0.25) is 0 Å². The molecule has 0 aromatic heterocycles. The third-order valence-corrected chi connectivity index (χ3v) is 6.06. The standard InChI is InChI=1S/C25H35N5O2/c1-3-26-25(27-20-21-7-9-22(10-8-21)29-15-17-32-18-16-29)30-13-11-28(12-14-30)23-5-4-6-24(19-23)31-2/h4-10,19H,3,11-18,20H2,1-2H3,(H,26,27). The van der Waals surface area contributed by atoms with Gasteiger partial charge in [-0.15, -0.1) is 0 Å². The number of nitrogens with one attached hydrogen (secondary N) is 1. The molecule has 7 nitrogen and oxygen atoms in total. The van der Waals surface area contributed by atoms with Crippen LogP contribution in [0.2, 0.25) is 0 Å². The lowest BCUT2D eigenvalue weighted by Gasteiger charge is -2.37. The Morgan fingerprint density at radius 2 is 1.66 bits per heavy atom. The van der Waals surface area contributed by atoms with Gasteiger partial charge in [0.05, 0.1) is 26.9 Å². The number of benzene rings is 2. The van der Waals surface area contributed by atoms with Gasteiger partial charge in [0.2, 0.25) is 0 Å². The van der Waals surface area contributed by atoms with Crippen LogP contribution in [0, 0.1) is 0 Å². The van der Waals surface area contributed by atoms with Gasteiger partial charge >= 0.3 is 0 Å². The predicted octanol–water partition coefficient (Wildman–Crippen LogP) is 2.82. The first-order valence-corrected chi connectivity index (χ1v) is 11.6. The molecule has 0 bridgehead atoms. The van der Waals surface area contributed by atoms with E-state index < -0.39 is 0 Å². The molecule has 2 aliphatic rings. The van der Waals surface area contributed by atoms with Gasteiger partial charge in [0.1, 0.15) is 5.75 Å². The molecule has 0 saturated carbocycles. The zero-order chi connectivity index (χ0) is 22.2. The fraction of sp³-hybridized carbons (Fsp3) is 0.480. The first-order valence-electron chi connectivity index (χ1n) is 11.6. The normalized spacial score (nSPS) is 17.4. The van der Waals surface area contributed by atoms with Crippen LogP contribution < -0.4 is 19.9 Å². The third-order valence-electron chi connectivity index (χ3n) is 6.06. The summed E-state index contributed by atoms with van der Waals surface area (Å²) in [4.78, 5) is 12.1. The number of guanidine groups is 1. The topological polar surface area (TPSA) is 52.6 Å². The number of aliphatic imine (C=N–C) groups is 1. The molecule has 1 N–H and O–H groups in total. The van der Waals surface area contributed by atoms with Crippen molar-refractivity contribution in [1.29, 1.82) is 0 Å². The molecule has 7 heteroatoms. The van der Waals surface area contributed by atoms with Crippen molar-refractivity contribution < 1.29 is 9.47 Å². The zero-order valence-electron chi connectivity index (χ0n) is 19.3. The summed E-state index contributed by atoms with van der Waals surface area (Å²) in [6, 6.07) is 17.1. The van der Waals surface area contributed by atoms with Crippen LogP contribution in [0.25, 0.3) is 0 Å². The molecule has 172 valence electrons.